The maximum atomic E-state index is 12.9. The Morgan fingerprint density at radius 2 is 1.70 bits per heavy atom. The fourth-order valence-electron chi connectivity index (χ4n) is 3.07. The normalized spacial score (nSPS) is 11.5. The molecule has 0 bridgehead atoms. The molecule has 1 aromatic heterocycles. The highest BCUT2D eigenvalue weighted by Crippen LogP contribution is 2.34. The van der Waals surface area contributed by atoms with Crippen LogP contribution in [0, 0.1) is 0 Å². The predicted molar refractivity (Wildman–Crippen MR) is 124 cm³/mol. The molecule has 0 radical (unpaired) electrons. The Kier molecular flexibility index (Phi) is 7.00. The molecule has 4 rings (SSSR count). The fourth-order valence-corrected chi connectivity index (χ4v) is 3.96. The van der Waals surface area contributed by atoms with Gasteiger partial charge in [-0.1, -0.05) is 29.5 Å². The second kappa shape index (κ2) is 10.1. The van der Waals surface area contributed by atoms with Crippen molar-refractivity contribution in [1.29, 1.82) is 0 Å². The standard InChI is InChI=1S/C24H22F3N3O2S/c25-24(26,27)17-3-1-4-19(13-17)32-20-9-10-21-22(14-20)33-23(30-21)29-15-16-5-7-18(8-6-16)31-12-2-11-28/h1,3-10,13-14H,2,11-12,15,28H2,(H,29,30). The van der Waals surface area contributed by atoms with Crippen LogP contribution in [0.5, 0.6) is 17.2 Å². The molecule has 9 heteroatoms. The molecule has 0 saturated heterocycles. The summed E-state index contributed by atoms with van der Waals surface area (Å²) in [4.78, 5) is 4.56. The average molecular weight is 474 g/mol. The second-order valence-electron chi connectivity index (χ2n) is 7.26. The van der Waals surface area contributed by atoms with Gasteiger partial charge in [0.1, 0.15) is 17.2 Å². The van der Waals surface area contributed by atoms with E-state index >= 15 is 0 Å². The van der Waals surface area contributed by atoms with Crippen molar-refractivity contribution in [3.63, 3.8) is 0 Å². The summed E-state index contributed by atoms with van der Waals surface area (Å²) >= 11 is 1.45. The molecule has 0 amide bonds. The molecule has 172 valence electrons. The van der Waals surface area contributed by atoms with Crippen molar-refractivity contribution < 1.29 is 22.6 Å². The summed E-state index contributed by atoms with van der Waals surface area (Å²) in [5.74, 6) is 1.38. The highest BCUT2D eigenvalue weighted by molar-refractivity contribution is 7.22. The van der Waals surface area contributed by atoms with E-state index < -0.39 is 11.7 Å². The second-order valence-corrected chi connectivity index (χ2v) is 8.30. The zero-order chi connectivity index (χ0) is 23.3. The van der Waals surface area contributed by atoms with Gasteiger partial charge in [0, 0.05) is 12.6 Å². The van der Waals surface area contributed by atoms with Gasteiger partial charge in [0.2, 0.25) is 0 Å². The molecule has 3 N–H and O–H groups in total. The molecule has 0 spiro atoms. The van der Waals surface area contributed by atoms with Gasteiger partial charge in [-0.25, -0.2) is 4.98 Å². The molecular formula is C24H22F3N3O2S. The lowest BCUT2D eigenvalue weighted by Crippen LogP contribution is -2.06. The summed E-state index contributed by atoms with van der Waals surface area (Å²) in [6.45, 7) is 1.79. The molecule has 0 fully saturated rings. The van der Waals surface area contributed by atoms with Gasteiger partial charge in [-0.3, -0.25) is 0 Å². The number of aromatic nitrogens is 1. The molecule has 4 aromatic rings. The first-order valence-corrected chi connectivity index (χ1v) is 11.1. The molecule has 0 aliphatic rings. The number of nitrogens with two attached hydrogens (primary N) is 1. The first kappa shape index (κ1) is 22.9. The van der Waals surface area contributed by atoms with E-state index in [-0.39, 0.29) is 5.75 Å². The van der Waals surface area contributed by atoms with Gasteiger partial charge in [0.05, 0.1) is 22.4 Å². The van der Waals surface area contributed by atoms with E-state index in [1.165, 1.54) is 23.5 Å². The summed E-state index contributed by atoms with van der Waals surface area (Å²) in [5, 5.41) is 4.04. The minimum Gasteiger partial charge on any atom is -0.494 e. The van der Waals surface area contributed by atoms with Gasteiger partial charge in [0.25, 0.3) is 0 Å². The van der Waals surface area contributed by atoms with Crippen LogP contribution >= 0.6 is 11.3 Å². The lowest BCUT2D eigenvalue weighted by atomic mass is 10.2. The van der Waals surface area contributed by atoms with E-state index in [9.17, 15) is 13.2 Å². The van der Waals surface area contributed by atoms with Gasteiger partial charge in [-0.15, -0.1) is 0 Å². The summed E-state index contributed by atoms with van der Waals surface area (Å²) < 4.78 is 50.9. The van der Waals surface area contributed by atoms with Crippen LogP contribution in [0.2, 0.25) is 0 Å². The molecule has 0 aliphatic heterocycles. The number of ether oxygens (including phenoxy) is 2. The third-order valence-corrected chi connectivity index (χ3v) is 5.72. The third kappa shape index (κ3) is 6.15. The van der Waals surface area contributed by atoms with Crippen molar-refractivity contribution >= 4 is 26.7 Å². The number of anilines is 1. The third-order valence-electron chi connectivity index (χ3n) is 4.74. The van der Waals surface area contributed by atoms with E-state index in [0.29, 0.717) is 25.4 Å². The molecule has 1 heterocycles. The van der Waals surface area contributed by atoms with Crippen LogP contribution in [0.25, 0.3) is 10.2 Å². The molecule has 0 unspecified atom stereocenters. The van der Waals surface area contributed by atoms with Gasteiger partial charge in [-0.05, 0) is 61.0 Å². The smallest absolute Gasteiger partial charge is 0.416 e. The molecule has 0 atom stereocenters. The Labute approximate surface area is 193 Å². The van der Waals surface area contributed by atoms with Gasteiger partial charge in [-0.2, -0.15) is 13.2 Å². The number of hydrogen-bond acceptors (Lipinski definition) is 6. The number of halogens is 3. The number of nitrogens with one attached hydrogen (secondary N) is 1. The number of benzene rings is 3. The lowest BCUT2D eigenvalue weighted by molar-refractivity contribution is -0.137. The predicted octanol–water partition coefficient (Wildman–Crippen LogP) is 6.45. The number of thiazole rings is 1. The van der Waals surface area contributed by atoms with Crippen LogP contribution in [-0.4, -0.2) is 18.1 Å². The van der Waals surface area contributed by atoms with Gasteiger partial charge < -0.3 is 20.5 Å². The van der Waals surface area contributed by atoms with E-state index in [4.69, 9.17) is 15.2 Å². The number of nitrogens with zero attached hydrogens (tertiary/aromatic N) is 1. The molecule has 33 heavy (non-hydrogen) atoms. The highest BCUT2D eigenvalue weighted by atomic mass is 32.1. The first-order valence-electron chi connectivity index (χ1n) is 10.3. The number of fused-ring (bicyclic) bond motifs is 1. The van der Waals surface area contributed by atoms with Crippen LogP contribution in [0.4, 0.5) is 18.3 Å². The van der Waals surface area contributed by atoms with Crippen LogP contribution in [0.1, 0.15) is 17.5 Å². The molecule has 3 aromatic carbocycles. The van der Waals surface area contributed by atoms with Crippen molar-refractivity contribution in [2.45, 2.75) is 19.1 Å². The topological polar surface area (TPSA) is 69.4 Å². The van der Waals surface area contributed by atoms with Gasteiger partial charge >= 0.3 is 6.18 Å². The minimum absolute atomic E-state index is 0.127. The zero-order valence-corrected chi connectivity index (χ0v) is 18.4. The largest absolute Gasteiger partial charge is 0.494 e. The Bertz CT molecular complexity index is 1210. The maximum absolute atomic E-state index is 12.9. The summed E-state index contributed by atoms with van der Waals surface area (Å²) in [7, 11) is 0. The molecule has 5 nitrogen and oxygen atoms in total. The minimum atomic E-state index is -4.42. The Hall–Kier alpha value is -3.30. The Morgan fingerprint density at radius 3 is 2.45 bits per heavy atom. The van der Waals surface area contributed by atoms with Crippen LogP contribution < -0.4 is 20.5 Å². The average Bonchev–Trinajstić information content (AvgIpc) is 3.21. The molecule has 0 aliphatic carbocycles. The van der Waals surface area contributed by atoms with Crippen molar-refractivity contribution in [1.82, 2.24) is 4.98 Å². The lowest BCUT2D eigenvalue weighted by Gasteiger charge is -2.09. The van der Waals surface area contributed by atoms with E-state index in [0.717, 1.165) is 45.2 Å². The van der Waals surface area contributed by atoms with Crippen molar-refractivity contribution in [3.8, 4) is 17.2 Å². The van der Waals surface area contributed by atoms with Crippen LogP contribution in [0.15, 0.2) is 66.7 Å². The summed E-state index contributed by atoms with van der Waals surface area (Å²) in [5.41, 5.74) is 6.57. The van der Waals surface area contributed by atoms with Crippen molar-refractivity contribution in [3.05, 3.63) is 77.9 Å². The number of rotatable bonds is 9. The highest BCUT2D eigenvalue weighted by Gasteiger charge is 2.30. The zero-order valence-electron chi connectivity index (χ0n) is 17.6. The van der Waals surface area contributed by atoms with Crippen molar-refractivity contribution in [2.24, 2.45) is 5.73 Å². The van der Waals surface area contributed by atoms with Gasteiger partial charge in [0.15, 0.2) is 5.13 Å². The maximum Gasteiger partial charge on any atom is 0.416 e. The SMILES string of the molecule is NCCCOc1ccc(CNc2nc3ccc(Oc4cccc(C(F)(F)F)c4)cc3s2)cc1. The molecule has 0 saturated carbocycles. The monoisotopic (exact) mass is 473 g/mol. The summed E-state index contributed by atoms with van der Waals surface area (Å²) in [6.07, 6.45) is -3.60. The fraction of sp³-hybridized carbons (Fsp3) is 0.208. The summed E-state index contributed by atoms with van der Waals surface area (Å²) in [6, 6.07) is 17.9. The first-order chi connectivity index (χ1) is 15.9. The van der Waals surface area contributed by atoms with E-state index in [2.05, 4.69) is 10.3 Å². The number of alkyl halides is 3. The van der Waals surface area contributed by atoms with E-state index in [1.807, 2.05) is 24.3 Å². The number of hydrogen-bond donors (Lipinski definition) is 2. The molecular weight excluding hydrogens is 451 g/mol. The van der Waals surface area contributed by atoms with Crippen LogP contribution in [0.3, 0.4) is 0 Å². The van der Waals surface area contributed by atoms with E-state index in [1.54, 1.807) is 18.2 Å². The van der Waals surface area contributed by atoms with Crippen LogP contribution in [-0.2, 0) is 12.7 Å². The Morgan fingerprint density at radius 1 is 0.939 bits per heavy atom. The quantitative estimate of drug-likeness (QED) is 0.274. The Balaban J connectivity index is 1.39. The van der Waals surface area contributed by atoms with Crippen molar-refractivity contribution in [2.75, 3.05) is 18.5 Å².